The SMILES string of the molecule is CC.O=C(O)c1cc(-c2cccc(-c3nc(-c4cccnc4F)cc(C(F)(F)F)n3)c2)ccc1F. The lowest BCUT2D eigenvalue weighted by molar-refractivity contribution is -0.141. The molecule has 0 saturated heterocycles. The summed E-state index contributed by atoms with van der Waals surface area (Å²) in [6.45, 7) is 4.00. The minimum atomic E-state index is -4.82. The minimum absolute atomic E-state index is 0.158. The number of alkyl halides is 3. The molecule has 5 nitrogen and oxygen atoms in total. The first kappa shape index (κ1) is 25.4. The number of aromatic nitrogens is 3. The Morgan fingerprint density at radius 2 is 1.54 bits per heavy atom. The van der Waals surface area contributed by atoms with E-state index in [1.807, 2.05) is 13.8 Å². The molecule has 0 aliphatic heterocycles. The van der Waals surface area contributed by atoms with Crippen molar-refractivity contribution in [1.29, 1.82) is 0 Å². The molecule has 0 radical (unpaired) electrons. The van der Waals surface area contributed by atoms with Gasteiger partial charge in [-0.05, 0) is 47.5 Å². The van der Waals surface area contributed by atoms with Crippen LogP contribution in [0.25, 0.3) is 33.8 Å². The molecule has 0 amide bonds. The first-order valence-electron chi connectivity index (χ1n) is 10.3. The molecule has 0 spiro atoms. The van der Waals surface area contributed by atoms with E-state index in [1.54, 1.807) is 6.07 Å². The number of rotatable bonds is 4. The van der Waals surface area contributed by atoms with Crippen LogP contribution in [0.15, 0.2) is 66.9 Å². The van der Waals surface area contributed by atoms with Crippen LogP contribution in [0, 0.1) is 11.8 Å². The Kier molecular flexibility index (Phi) is 7.53. The molecular formula is C25H18F5N3O2. The molecule has 2 heterocycles. The lowest BCUT2D eigenvalue weighted by Gasteiger charge is -2.12. The highest BCUT2D eigenvalue weighted by atomic mass is 19.4. The molecule has 0 aliphatic rings. The van der Waals surface area contributed by atoms with Crippen LogP contribution in [0.1, 0.15) is 29.9 Å². The summed E-state index contributed by atoms with van der Waals surface area (Å²) in [5.41, 5.74) is -1.49. The van der Waals surface area contributed by atoms with E-state index in [2.05, 4.69) is 15.0 Å². The molecule has 2 aromatic heterocycles. The van der Waals surface area contributed by atoms with Crippen molar-refractivity contribution >= 4 is 5.97 Å². The smallest absolute Gasteiger partial charge is 0.433 e. The number of nitrogens with zero attached hydrogens (tertiary/aromatic N) is 3. The van der Waals surface area contributed by atoms with Gasteiger partial charge in [0.25, 0.3) is 0 Å². The van der Waals surface area contributed by atoms with Crippen molar-refractivity contribution in [2.24, 2.45) is 0 Å². The fraction of sp³-hybridized carbons (Fsp3) is 0.120. The van der Waals surface area contributed by atoms with Crippen LogP contribution >= 0.6 is 0 Å². The first-order valence-corrected chi connectivity index (χ1v) is 10.3. The predicted molar refractivity (Wildman–Crippen MR) is 119 cm³/mol. The molecule has 4 aromatic rings. The lowest BCUT2D eigenvalue weighted by atomic mass is 10.0. The highest BCUT2D eigenvalue weighted by Gasteiger charge is 2.34. The number of carbonyl (C=O) groups is 1. The molecule has 1 N–H and O–H groups in total. The molecule has 2 aromatic carbocycles. The number of hydrogen-bond acceptors (Lipinski definition) is 4. The molecule has 10 heteroatoms. The quantitative estimate of drug-likeness (QED) is 0.251. The van der Waals surface area contributed by atoms with E-state index < -0.39 is 35.2 Å². The summed E-state index contributed by atoms with van der Waals surface area (Å²) in [4.78, 5) is 22.4. The largest absolute Gasteiger partial charge is 0.478 e. The zero-order chi connectivity index (χ0) is 25.8. The first-order chi connectivity index (χ1) is 16.6. The fourth-order valence-electron chi connectivity index (χ4n) is 3.14. The van der Waals surface area contributed by atoms with E-state index in [9.17, 15) is 26.7 Å². The van der Waals surface area contributed by atoms with Crippen molar-refractivity contribution in [1.82, 2.24) is 15.0 Å². The van der Waals surface area contributed by atoms with Gasteiger partial charge in [-0.3, -0.25) is 0 Å². The van der Waals surface area contributed by atoms with Gasteiger partial charge in [0.2, 0.25) is 5.95 Å². The maximum Gasteiger partial charge on any atom is 0.433 e. The number of carboxylic acids is 1. The van der Waals surface area contributed by atoms with Crippen molar-refractivity contribution in [2.75, 3.05) is 0 Å². The highest BCUT2D eigenvalue weighted by molar-refractivity contribution is 5.90. The monoisotopic (exact) mass is 487 g/mol. The zero-order valence-electron chi connectivity index (χ0n) is 18.4. The van der Waals surface area contributed by atoms with E-state index in [4.69, 9.17) is 5.11 Å². The maximum absolute atomic E-state index is 14.1. The van der Waals surface area contributed by atoms with Gasteiger partial charge in [0.15, 0.2) is 5.82 Å². The Morgan fingerprint density at radius 1 is 0.857 bits per heavy atom. The molecule has 4 rings (SSSR count). The van der Waals surface area contributed by atoms with Crippen molar-refractivity contribution in [2.45, 2.75) is 20.0 Å². The maximum atomic E-state index is 14.1. The average molecular weight is 487 g/mol. The van der Waals surface area contributed by atoms with Gasteiger partial charge in [0.05, 0.1) is 16.8 Å². The standard InChI is InChI=1S/C23H12F5N3O2.C2H6/c24-17-7-6-13(10-16(17)22(32)33)12-3-1-4-14(9-12)21-30-18(11-19(31-21)23(26,27)28)15-5-2-8-29-20(15)25;1-2/h1-11H,(H,32,33);1-2H3. The number of aromatic carboxylic acids is 1. The Bertz CT molecular complexity index is 1370. The van der Waals surface area contributed by atoms with Crippen LogP contribution in [-0.2, 0) is 6.18 Å². The summed E-state index contributed by atoms with van der Waals surface area (Å²) < 4.78 is 68.3. The average Bonchev–Trinajstić information content (AvgIpc) is 2.85. The highest BCUT2D eigenvalue weighted by Crippen LogP contribution is 2.33. The molecule has 0 unspecified atom stereocenters. The summed E-state index contributed by atoms with van der Waals surface area (Å²) in [5.74, 6) is -3.70. The predicted octanol–water partition coefficient (Wildman–Crippen LogP) is 6.89. The lowest BCUT2D eigenvalue weighted by Crippen LogP contribution is -2.10. The molecule has 0 saturated carbocycles. The molecule has 180 valence electrons. The van der Waals surface area contributed by atoms with Crippen LogP contribution in [0.2, 0.25) is 0 Å². The summed E-state index contributed by atoms with van der Waals surface area (Å²) in [6, 6.07) is 12.6. The zero-order valence-corrected chi connectivity index (χ0v) is 18.4. The van der Waals surface area contributed by atoms with Crippen LogP contribution < -0.4 is 0 Å². The fourth-order valence-corrected chi connectivity index (χ4v) is 3.14. The van der Waals surface area contributed by atoms with Crippen LogP contribution in [0.4, 0.5) is 22.0 Å². The van der Waals surface area contributed by atoms with E-state index in [1.165, 1.54) is 36.4 Å². The van der Waals surface area contributed by atoms with Gasteiger partial charge in [0.1, 0.15) is 11.5 Å². The molecule has 0 bridgehead atoms. The van der Waals surface area contributed by atoms with Crippen molar-refractivity contribution in [3.05, 3.63) is 89.9 Å². The number of halogens is 5. The van der Waals surface area contributed by atoms with Gasteiger partial charge >= 0.3 is 12.1 Å². The topological polar surface area (TPSA) is 76.0 Å². The van der Waals surface area contributed by atoms with Crippen LogP contribution in [0.5, 0.6) is 0 Å². The van der Waals surface area contributed by atoms with Gasteiger partial charge in [-0.2, -0.15) is 17.6 Å². The van der Waals surface area contributed by atoms with Crippen molar-refractivity contribution in [3.8, 4) is 33.8 Å². The second-order valence-electron chi connectivity index (χ2n) is 6.88. The third-order valence-electron chi connectivity index (χ3n) is 4.70. The van der Waals surface area contributed by atoms with Crippen molar-refractivity contribution in [3.63, 3.8) is 0 Å². The van der Waals surface area contributed by atoms with Gasteiger partial charge < -0.3 is 5.11 Å². The summed E-state index contributed by atoms with van der Waals surface area (Å²) >= 11 is 0. The Hall–Kier alpha value is -4.21. The van der Waals surface area contributed by atoms with Gasteiger partial charge in [-0.15, -0.1) is 0 Å². The minimum Gasteiger partial charge on any atom is -0.478 e. The second-order valence-corrected chi connectivity index (χ2v) is 6.88. The number of hydrogen-bond donors (Lipinski definition) is 1. The third kappa shape index (κ3) is 5.65. The molecule has 0 atom stereocenters. The molecular weight excluding hydrogens is 469 g/mol. The van der Waals surface area contributed by atoms with Crippen LogP contribution in [-0.4, -0.2) is 26.0 Å². The van der Waals surface area contributed by atoms with E-state index in [-0.39, 0.29) is 22.6 Å². The third-order valence-corrected chi connectivity index (χ3v) is 4.70. The number of benzene rings is 2. The normalized spacial score (nSPS) is 10.9. The van der Waals surface area contributed by atoms with Gasteiger partial charge in [-0.1, -0.05) is 38.1 Å². The molecule has 0 aliphatic carbocycles. The van der Waals surface area contributed by atoms with E-state index in [0.717, 1.165) is 18.3 Å². The summed E-state index contributed by atoms with van der Waals surface area (Å²) in [6.07, 6.45) is -3.67. The van der Waals surface area contributed by atoms with E-state index >= 15 is 0 Å². The number of carboxylic acid groups (broad SMARTS) is 1. The van der Waals surface area contributed by atoms with E-state index in [0.29, 0.717) is 17.2 Å². The Labute approximate surface area is 197 Å². The molecule has 35 heavy (non-hydrogen) atoms. The number of pyridine rings is 1. The van der Waals surface area contributed by atoms with Gasteiger partial charge in [0, 0.05) is 11.8 Å². The Balaban J connectivity index is 0.00000167. The summed E-state index contributed by atoms with van der Waals surface area (Å²) in [5, 5.41) is 9.14. The second kappa shape index (κ2) is 10.4. The summed E-state index contributed by atoms with van der Waals surface area (Å²) in [7, 11) is 0. The van der Waals surface area contributed by atoms with Gasteiger partial charge in [-0.25, -0.2) is 24.1 Å². The Morgan fingerprint density at radius 3 is 2.20 bits per heavy atom. The molecule has 0 fully saturated rings. The van der Waals surface area contributed by atoms with Crippen molar-refractivity contribution < 1.29 is 31.9 Å². The van der Waals surface area contributed by atoms with Crippen LogP contribution in [0.3, 0.4) is 0 Å².